The van der Waals surface area contributed by atoms with Gasteiger partial charge < -0.3 is 15.4 Å². The third-order valence-electron chi connectivity index (χ3n) is 2.64. The number of aromatic nitrogens is 2. The first-order valence-corrected chi connectivity index (χ1v) is 7.15. The highest BCUT2D eigenvalue weighted by atomic mass is 32.2. The molecule has 1 amide bonds. The summed E-state index contributed by atoms with van der Waals surface area (Å²) in [5.41, 5.74) is 4.91. The van der Waals surface area contributed by atoms with E-state index < -0.39 is 27.9 Å². The van der Waals surface area contributed by atoms with E-state index in [-0.39, 0.29) is 17.9 Å². The first-order chi connectivity index (χ1) is 9.13. The van der Waals surface area contributed by atoms with Crippen LogP contribution in [0.5, 0.6) is 0 Å². The van der Waals surface area contributed by atoms with Gasteiger partial charge in [-0.3, -0.25) is 9.59 Å². The van der Waals surface area contributed by atoms with Crippen LogP contribution in [0.1, 0.15) is 18.7 Å². The third kappa shape index (κ3) is 4.03. The molecule has 4 N–H and O–H groups in total. The van der Waals surface area contributed by atoms with Gasteiger partial charge in [-0.1, -0.05) is 0 Å². The van der Waals surface area contributed by atoms with Crippen molar-refractivity contribution >= 4 is 21.9 Å². The molecule has 20 heavy (non-hydrogen) atoms. The Morgan fingerprint density at radius 2 is 2.15 bits per heavy atom. The van der Waals surface area contributed by atoms with Crippen LogP contribution in [-0.2, 0) is 26.7 Å². The Morgan fingerprint density at radius 3 is 2.55 bits per heavy atom. The Labute approximate surface area is 115 Å². The molecule has 0 aromatic carbocycles. The minimum absolute atomic E-state index is 0.226. The number of carboxylic acid groups (broad SMARTS) is 1. The molecule has 0 unspecified atom stereocenters. The molecule has 9 nitrogen and oxygen atoms in total. The standard InChI is InChI=1S/C10H16N4O5S/c1-6-12-9(5-14(6)2)20(18,19)13-7(10(16)17)3-4-8(11)15/h5,7,13H,3-4H2,1-2H3,(H2,11,15)(H,16,17)/t7-/m1/s1. The molecule has 1 aromatic rings. The minimum atomic E-state index is -4.07. The van der Waals surface area contributed by atoms with E-state index in [9.17, 15) is 18.0 Å². The van der Waals surface area contributed by atoms with Crippen molar-refractivity contribution in [3.05, 3.63) is 12.0 Å². The normalized spacial score (nSPS) is 13.1. The molecule has 0 radical (unpaired) electrons. The van der Waals surface area contributed by atoms with Crippen molar-refractivity contribution in [3.63, 3.8) is 0 Å². The number of nitrogens with two attached hydrogens (primary N) is 1. The summed E-state index contributed by atoms with van der Waals surface area (Å²) >= 11 is 0. The van der Waals surface area contributed by atoms with Gasteiger partial charge in [0.15, 0.2) is 5.03 Å². The van der Waals surface area contributed by atoms with Gasteiger partial charge in [-0.15, -0.1) is 0 Å². The summed E-state index contributed by atoms with van der Waals surface area (Å²) in [4.78, 5) is 25.5. The zero-order valence-electron chi connectivity index (χ0n) is 11.0. The van der Waals surface area contributed by atoms with Gasteiger partial charge in [0.05, 0.1) is 0 Å². The van der Waals surface area contributed by atoms with E-state index in [0.717, 1.165) is 0 Å². The van der Waals surface area contributed by atoms with Crippen LogP contribution in [0.4, 0.5) is 0 Å². The predicted molar refractivity (Wildman–Crippen MR) is 68.1 cm³/mol. The van der Waals surface area contributed by atoms with Gasteiger partial charge in [-0.05, 0) is 13.3 Å². The summed E-state index contributed by atoms with van der Waals surface area (Å²) in [6, 6.07) is -1.44. The second-order valence-corrected chi connectivity index (χ2v) is 5.92. The highest BCUT2D eigenvalue weighted by molar-refractivity contribution is 7.89. The van der Waals surface area contributed by atoms with Crippen LogP contribution >= 0.6 is 0 Å². The number of primary amides is 1. The number of carbonyl (C=O) groups excluding carboxylic acids is 1. The van der Waals surface area contributed by atoms with Gasteiger partial charge in [0.25, 0.3) is 10.0 Å². The molecule has 1 rings (SSSR count). The maximum absolute atomic E-state index is 12.0. The van der Waals surface area contributed by atoms with Gasteiger partial charge in [-0.25, -0.2) is 13.4 Å². The van der Waals surface area contributed by atoms with Crippen LogP contribution in [0.15, 0.2) is 11.2 Å². The van der Waals surface area contributed by atoms with E-state index in [1.165, 1.54) is 10.8 Å². The minimum Gasteiger partial charge on any atom is -0.480 e. The molecule has 112 valence electrons. The van der Waals surface area contributed by atoms with E-state index in [1.54, 1.807) is 14.0 Å². The van der Waals surface area contributed by atoms with Crippen LogP contribution in [0.2, 0.25) is 0 Å². The topological polar surface area (TPSA) is 144 Å². The molecule has 0 bridgehead atoms. The van der Waals surface area contributed by atoms with Gasteiger partial charge in [-0.2, -0.15) is 4.72 Å². The zero-order valence-corrected chi connectivity index (χ0v) is 11.8. The highest BCUT2D eigenvalue weighted by Crippen LogP contribution is 2.10. The van der Waals surface area contributed by atoms with Crippen LogP contribution in [0.3, 0.4) is 0 Å². The van der Waals surface area contributed by atoms with Crippen molar-refractivity contribution in [2.75, 3.05) is 0 Å². The lowest BCUT2D eigenvalue weighted by molar-refractivity contribution is -0.139. The van der Waals surface area contributed by atoms with Crippen molar-refractivity contribution in [2.24, 2.45) is 12.8 Å². The molecular weight excluding hydrogens is 288 g/mol. The average molecular weight is 304 g/mol. The summed E-state index contributed by atoms with van der Waals surface area (Å²) < 4.78 is 27.5. The first kappa shape index (κ1) is 16.1. The van der Waals surface area contributed by atoms with E-state index >= 15 is 0 Å². The summed E-state index contributed by atoms with van der Waals surface area (Å²) in [5.74, 6) is -1.62. The number of sulfonamides is 1. The Morgan fingerprint density at radius 1 is 1.55 bits per heavy atom. The highest BCUT2D eigenvalue weighted by Gasteiger charge is 2.27. The number of nitrogens with zero attached hydrogens (tertiary/aromatic N) is 2. The number of hydrogen-bond donors (Lipinski definition) is 3. The summed E-state index contributed by atoms with van der Waals surface area (Å²) in [6.07, 6.45) is 0.807. The van der Waals surface area contributed by atoms with Crippen LogP contribution < -0.4 is 10.5 Å². The summed E-state index contributed by atoms with van der Waals surface area (Å²) in [7, 11) is -2.45. The molecule has 1 heterocycles. The van der Waals surface area contributed by atoms with Gasteiger partial charge >= 0.3 is 5.97 Å². The molecule has 0 aliphatic heterocycles. The Kier molecular flexibility index (Phi) is 4.84. The van der Waals surface area contributed by atoms with Crippen molar-refractivity contribution in [1.29, 1.82) is 0 Å². The number of aliphatic carboxylic acids is 1. The molecular formula is C10H16N4O5S. The summed E-state index contributed by atoms with van der Waals surface area (Å²) in [5, 5.41) is 8.68. The smallest absolute Gasteiger partial charge is 0.321 e. The molecule has 0 fully saturated rings. The lowest BCUT2D eigenvalue weighted by atomic mass is 10.2. The monoisotopic (exact) mass is 304 g/mol. The van der Waals surface area contributed by atoms with Gasteiger partial charge in [0.2, 0.25) is 5.91 Å². The number of hydrogen-bond acceptors (Lipinski definition) is 5. The second-order valence-electron chi connectivity index (χ2n) is 4.25. The number of aryl methyl sites for hydroxylation is 2. The Bertz CT molecular complexity index is 602. The molecule has 0 aliphatic carbocycles. The number of amides is 1. The van der Waals surface area contributed by atoms with E-state index in [1.807, 2.05) is 4.72 Å². The SMILES string of the molecule is Cc1nc(S(=O)(=O)N[C@H](CCC(N)=O)C(=O)O)cn1C. The number of carbonyl (C=O) groups is 2. The number of carboxylic acids is 1. The zero-order chi connectivity index (χ0) is 15.5. The van der Waals surface area contributed by atoms with Crippen molar-refractivity contribution in [1.82, 2.24) is 14.3 Å². The lowest BCUT2D eigenvalue weighted by Crippen LogP contribution is -2.41. The Balaban J connectivity index is 2.91. The maximum Gasteiger partial charge on any atom is 0.321 e. The van der Waals surface area contributed by atoms with Crippen LogP contribution in [0, 0.1) is 6.92 Å². The number of rotatable bonds is 7. The number of nitrogens with one attached hydrogen (secondary N) is 1. The summed E-state index contributed by atoms with van der Waals surface area (Å²) in [6.45, 7) is 1.61. The second kappa shape index (κ2) is 6.01. The molecule has 0 aliphatic rings. The predicted octanol–water partition coefficient (Wildman–Crippen LogP) is -1.27. The first-order valence-electron chi connectivity index (χ1n) is 5.67. The largest absolute Gasteiger partial charge is 0.480 e. The van der Waals surface area contributed by atoms with Crippen LogP contribution in [0.25, 0.3) is 0 Å². The van der Waals surface area contributed by atoms with E-state index in [0.29, 0.717) is 5.82 Å². The average Bonchev–Trinajstić information content (AvgIpc) is 2.65. The quantitative estimate of drug-likeness (QED) is 0.572. The molecule has 1 aromatic heterocycles. The molecule has 10 heteroatoms. The fourth-order valence-electron chi connectivity index (χ4n) is 1.42. The van der Waals surface area contributed by atoms with Crippen molar-refractivity contribution in [3.8, 4) is 0 Å². The van der Waals surface area contributed by atoms with Crippen LogP contribution in [-0.4, -0.2) is 41.0 Å². The lowest BCUT2D eigenvalue weighted by Gasteiger charge is -2.12. The Hall–Kier alpha value is -1.94. The van der Waals surface area contributed by atoms with Gasteiger partial charge in [0, 0.05) is 19.7 Å². The van der Waals surface area contributed by atoms with Gasteiger partial charge in [0.1, 0.15) is 11.9 Å². The molecule has 1 atom stereocenters. The fraction of sp³-hybridized carbons (Fsp3) is 0.500. The third-order valence-corrected chi connectivity index (χ3v) is 3.98. The van der Waals surface area contributed by atoms with Crippen molar-refractivity contribution < 1.29 is 23.1 Å². The molecule has 0 spiro atoms. The van der Waals surface area contributed by atoms with E-state index in [2.05, 4.69) is 4.98 Å². The molecule has 0 saturated carbocycles. The molecule has 0 saturated heterocycles. The maximum atomic E-state index is 12.0. The van der Waals surface area contributed by atoms with E-state index in [4.69, 9.17) is 10.8 Å². The fourth-order valence-corrected chi connectivity index (χ4v) is 2.69. The van der Waals surface area contributed by atoms with Crippen molar-refractivity contribution in [2.45, 2.75) is 30.8 Å². The number of imidazole rings is 1.